The molecule has 1 atom stereocenters. The molecule has 1 aliphatic heterocycles. The van der Waals surface area contributed by atoms with E-state index in [1.807, 2.05) is 11.3 Å². The normalized spacial score (nSPS) is 23.9. The second-order valence-corrected chi connectivity index (χ2v) is 7.75. The van der Waals surface area contributed by atoms with Crippen LogP contribution in [0.3, 0.4) is 0 Å². The van der Waals surface area contributed by atoms with Gasteiger partial charge in [0, 0.05) is 41.5 Å². The predicted octanol–water partition coefficient (Wildman–Crippen LogP) is 2.53. The van der Waals surface area contributed by atoms with Crippen LogP contribution in [0.5, 0.6) is 0 Å². The van der Waals surface area contributed by atoms with Gasteiger partial charge in [-0.25, -0.2) is 0 Å². The lowest BCUT2D eigenvalue weighted by Crippen LogP contribution is -2.36. The summed E-state index contributed by atoms with van der Waals surface area (Å²) < 4.78 is 0. The smallest absolute Gasteiger partial charge is 0.0325 e. The van der Waals surface area contributed by atoms with Gasteiger partial charge in [-0.05, 0) is 58.5 Å². The van der Waals surface area contributed by atoms with Gasteiger partial charge >= 0.3 is 0 Å². The van der Waals surface area contributed by atoms with Gasteiger partial charge in [-0.2, -0.15) is 0 Å². The average Bonchev–Trinajstić information content (AvgIpc) is 3.02. The molecule has 2 fully saturated rings. The van der Waals surface area contributed by atoms with Crippen LogP contribution in [-0.4, -0.2) is 49.1 Å². The highest BCUT2D eigenvalue weighted by molar-refractivity contribution is 7.11. The molecular formula is C16H27N3S. The second kappa shape index (κ2) is 6.56. The van der Waals surface area contributed by atoms with Crippen LogP contribution in [0.1, 0.15) is 35.4 Å². The molecule has 1 saturated heterocycles. The minimum absolute atomic E-state index is 0.760. The molecule has 20 heavy (non-hydrogen) atoms. The first kappa shape index (κ1) is 14.5. The standard InChI is InChI=1S/C16H27N3S/c1-18(11-14-4-3-9-19(14)2)12-16-8-7-15(20-16)10-17-13-5-6-13/h7-8,13-14,17H,3-6,9-12H2,1-2H3. The summed E-state index contributed by atoms with van der Waals surface area (Å²) in [6.45, 7) is 4.63. The van der Waals surface area contributed by atoms with Crippen LogP contribution in [0.15, 0.2) is 12.1 Å². The van der Waals surface area contributed by atoms with Gasteiger partial charge in [-0.15, -0.1) is 11.3 Å². The van der Waals surface area contributed by atoms with Crippen molar-refractivity contribution in [2.75, 3.05) is 27.2 Å². The van der Waals surface area contributed by atoms with Crippen molar-refractivity contribution in [3.8, 4) is 0 Å². The van der Waals surface area contributed by atoms with Crippen LogP contribution in [0.25, 0.3) is 0 Å². The zero-order chi connectivity index (χ0) is 13.9. The van der Waals surface area contributed by atoms with E-state index in [1.165, 1.54) is 48.5 Å². The Labute approximate surface area is 127 Å². The summed E-state index contributed by atoms with van der Waals surface area (Å²) in [5.41, 5.74) is 0. The van der Waals surface area contributed by atoms with E-state index in [1.54, 1.807) is 0 Å². The number of nitrogens with zero attached hydrogens (tertiary/aromatic N) is 2. The van der Waals surface area contributed by atoms with Crippen LogP contribution in [0, 0.1) is 0 Å². The Morgan fingerprint density at radius 1 is 1.30 bits per heavy atom. The molecule has 2 aliphatic rings. The third kappa shape index (κ3) is 4.04. The topological polar surface area (TPSA) is 18.5 Å². The molecule has 0 aromatic carbocycles. The van der Waals surface area contributed by atoms with E-state index in [-0.39, 0.29) is 0 Å². The molecule has 0 spiro atoms. The van der Waals surface area contributed by atoms with Gasteiger partial charge in [0.1, 0.15) is 0 Å². The number of rotatable bonds is 7. The van der Waals surface area contributed by atoms with Gasteiger partial charge in [0.25, 0.3) is 0 Å². The first-order valence-corrected chi connectivity index (χ1v) is 8.72. The average molecular weight is 293 g/mol. The molecule has 1 N–H and O–H groups in total. The second-order valence-electron chi connectivity index (χ2n) is 6.50. The minimum atomic E-state index is 0.760. The van der Waals surface area contributed by atoms with Crippen molar-refractivity contribution in [2.24, 2.45) is 0 Å². The largest absolute Gasteiger partial charge is 0.309 e. The lowest BCUT2D eigenvalue weighted by molar-refractivity contribution is 0.216. The Kier molecular flexibility index (Phi) is 4.76. The Balaban J connectivity index is 1.44. The van der Waals surface area contributed by atoms with E-state index in [0.29, 0.717) is 0 Å². The Bertz CT molecular complexity index is 427. The number of likely N-dealkylation sites (tertiary alicyclic amines) is 1. The summed E-state index contributed by atoms with van der Waals surface area (Å²) in [7, 11) is 4.52. The summed E-state index contributed by atoms with van der Waals surface area (Å²) in [5.74, 6) is 0. The van der Waals surface area contributed by atoms with E-state index >= 15 is 0 Å². The summed E-state index contributed by atoms with van der Waals surface area (Å²) in [6, 6.07) is 6.17. The van der Waals surface area contributed by atoms with Crippen LogP contribution in [-0.2, 0) is 13.1 Å². The zero-order valence-corrected chi connectivity index (χ0v) is 13.6. The lowest BCUT2D eigenvalue weighted by atomic mass is 10.2. The van der Waals surface area contributed by atoms with Crippen molar-refractivity contribution in [3.63, 3.8) is 0 Å². The third-order valence-corrected chi connectivity index (χ3v) is 5.55. The monoisotopic (exact) mass is 293 g/mol. The van der Waals surface area contributed by atoms with Crippen molar-refractivity contribution >= 4 is 11.3 Å². The minimum Gasteiger partial charge on any atom is -0.309 e. The molecule has 4 heteroatoms. The summed E-state index contributed by atoms with van der Waals surface area (Å²) in [5, 5.41) is 3.59. The first-order valence-electron chi connectivity index (χ1n) is 7.90. The molecular weight excluding hydrogens is 266 g/mol. The van der Waals surface area contributed by atoms with Crippen LogP contribution < -0.4 is 5.32 Å². The number of nitrogens with one attached hydrogen (secondary N) is 1. The van der Waals surface area contributed by atoms with E-state index in [2.05, 4.69) is 41.3 Å². The number of thiophene rings is 1. The highest BCUT2D eigenvalue weighted by Gasteiger charge is 2.22. The predicted molar refractivity (Wildman–Crippen MR) is 86.2 cm³/mol. The lowest BCUT2D eigenvalue weighted by Gasteiger charge is -2.25. The van der Waals surface area contributed by atoms with Gasteiger partial charge in [0.05, 0.1) is 0 Å². The molecule has 1 unspecified atom stereocenters. The number of hydrogen-bond acceptors (Lipinski definition) is 4. The molecule has 0 amide bonds. The fourth-order valence-electron chi connectivity index (χ4n) is 3.03. The van der Waals surface area contributed by atoms with E-state index in [0.717, 1.165) is 25.2 Å². The van der Waals surface area contributed by atoms with Crippen molar-refractivity contribution in [1.29, 1.82) is 0 Å². The Morgan fingerprint density at radius 2 is 2.10 bits per heavy atom. The summed E-state index contributed by atoms with van der Waals surface area (Å²) in [6.07, 6.45) is 5.47. The molecule has 1 aromatic rings. The molecule has 1 aliphatic carbocycles. The highest BCUT2D eigenvalue weighted by atomic mass is 32.1. The van der Waals surface area contributed by atoms with Gasteiger partial charge in [0.2, 0.25) is 0 Å². The van der Waals surface area contributed by atoms with Crippen molar-refractivity contribution in [1.82, 2.24) is 15.1 Å². The number of hydrogen-bond donors (Lipinski definition) is 1. The maximum Gasteiger partial charge on any atom is 0.0325 e. The molecule has 2 heterocycles. The molecule has 1 saturated carbocycles. The molecule has 0 bridgehead atoms. The third-order valence-electron chi connectivity index (χ3n) is 4.48. The molecule has 0 radical (unpaired) electrons. The van der Waals surface area contributed by atoms with Crippen LogP contribution in [0.4, 0.5) is 0 Å². The molecule has 3 rings (SSSR count). The van der Waals surface area contributed by atoms with Gasteiger partial charge in [0.15, 0.2) is 0 Å². The van der Waals surface area contributed by atoms with Crippen LogP contribution >= 0.6 is 11.3 Å². The first-order chi connectivity index (χ1) is 9.70. The van der Waals surface area contributed by atoms with Crippen molar-refractivity contribution < 1.29 is 0 Å². The Hall–Kier alpha value is -0.420. The van der Waals surface area contributed by atoms with Crippen molar-refractivity contribution in [2.45, 2.75) is 50.9 Å². The van der Waals surface area contributed by atoms with E-state index < -0.39 is 0 Å². The van der Waals surface area contributed by atoms with Crippen molar-refractivity contribution in [3.05, 3.63) is 21.9 Å². The number of likely N-dealkylation sites (N-methyl/N-ethyl adjacent to an activating group) is 2. The van der Waals surface area contributed by atoms with Gasteiger partial charge in [-0.3, -0.25) is 4.90 Å². The summed E-state index contributed by atoms with van der Waals surface area (Å²) in [4.78, 5) is 7.98. The zero-order valence-electron chi connectivity index (χ0n) is 12.8. The van der Waals surface area contributed by atoms with Gasteiger partial charge in [-0.1, -0.05) is 0 Å². The van der Waals surface area contributed by atoms with E-state index in [9.17, 15) is 0 Å². The fourth-order valence-corrected chi connectivity index (χ4v) is 4.08. The molecule has 3 nitrogen and oxygen atoms in total. The maximum absolute atomic E-state index is 3.59. The quantitative estimate of drug-likeness (QED) is 0.833. The van der Waals surface area contributed by atoms with E-state index in [4.69, 9.17) is 0 Å². The maximum atomic E-state index is 3.59. The molecule has 1 aromatic heterocycles. The molecule has 112 valence electrons. The SMILES string of the molecule is CN(Cc1ccc(CNC2CC2)s1)CC1CCCN1C. The Morgan fingerprint density at radius 3 is 2.80 bits per heavy atom. The summed E-state index contributed by atoms with van der Waals surface area (Å²) >= 11 is 1.97. The highest BCUT2D eigenvalue weighted by Crippen LogP contribution is 2.23. The fraction of sp³-hybridized carbons (Fsp3) is 0.750. The van der Waals surface area contributed by atoms with Gasteiger partial charge < -0.3 is 10.2 Å². The van der Waals surface area contributed by atoms with Crippen LogP contribution in [0.2, 0.25) is 0 Å².